The van der Waals surface area contributed by atoms with E-state index in [4.69, 9.17) is 5.21 Å². The number of piperidine rings is 1. The topological polar surface area (TPSA) is 35.8 Å². The Morgan fingerprint density at radius 2 is 2.05 bits per heavy atom. The summed E-state index contributed by atoms with van der Waals surface area (Å²) in [6, 6.07) is 11.3. The maximum absolute atomic E-state index is 9.03. The number of hydrogen-bond donors (Lipinski definition) is 1. The van der Waals surface area contributed by atoms with E-state index >= 15 is 0 Å². The van der Waals surface area contributed by atoms with Gasteiger partial charge in [0.25, 0.3) is 0 Å². The summed E-state index contributed by atoms with van der Waals surface area (Å²) in [7, 11) is 0. The number of likely N-dealkylation sites (tertiary alicyclic amines) is 1. The van der Waals surface area contributed by atoms with E-state index in [1.807, 2.05) is 0 Å². The fourth-order valence-corrected chi connectivity index (χ4v) is 3.65. The van der Waals surface area contributed by atoms with Gasteiger partial charge in [-0.15, -0.1) is 0 Å². The maximum atomic E-state index is 9.03. The van der Waals surface area contributed by atoms with Gasteiger partial charge in [0.05, 0.1) is 5.71 Å². The Labute approximate surface area is 114 Å². The number of hydrogen-bond acceptors (Lipinski definition) is 3. The Morgan fingerprint density at radius 1 is 1.21 bits per heavy atom. The summed E-state index contributed by atoms with van der Waals surface area (Å²) in [5.41, 5.74) is 2.37. The van der Waals surface area contributed by atoms with Crippen molar-refractivity contribution in [3.8, 4) is 0 Å². The van der Waals surface area contributed by atoms with Crippen molar-refractivity contribution in [2.75, 3.05) is 6.54 Å². The van der Waals surface area contributed by atoms with Gasteiger partial charge in [0, 0.05) is 19.0 Å². The average molecular weight is 258 g/mol. The Kier molecular flexibility index (Phi) is 3.83. The van der Waals surface area contributed by atoms with Crippen molar-refractivity contribution in [3.05, 3.63) is 35.9 Å². The fourth-order valence-electron chi connectivity index (χ4n) is 3.65. The summed E-state index contributed by atoms with van der Waals surface area (Å²) in [4.78, 5) is 2.59. The molecule has 102 valence electrons. The molecule has 2 unspecified atom stereocenters. The van der Waals surface area contributed by atoms with Crippen LogP contribution in [0.3, 0.4) is 0 Å². The first-order valence-electron chi connectivity index (χ1n) is 7.34. The van der Waals surface area contributed by atoms with Crippen LogP contribution in [0.5, 0.6) is 0 Å². The number of fused-ring (bicyclic) bond motifs is 1. The van der Waals surface area contributed by atoms with Crippen LogP contribution in [0.25, 0.3) is 0 Å². The largest absolute Gasteiger partial charge is 0.411 e. The van der Waals surface area contributed by atoms with E-state index in [0.29, 0.717) is 6.04 Å². The molecule has 0 bridgehead atoms. The number of benzene rings is 1. The third-order valence-corrected chi connectivity index (χ3v) is 4.65. The van der Waals surface area contributed by atoms with Crippen LogP contribution in [0.15, 0.2) is 35.5 Å². The molecule has 1 saturated carbocycles. The summed E-state index contributed by atoms with van der Waals surface area (Å²) < 4.78 is 0. The van der Waals surface area contributed by atoms with Gasteiger partial charge in [-0.2, -0.15) is 0 Å². The zero-order chi connectivity index (χ0) is 13.1. The SMILES string of the molecule is ON=C1CCC2CCCN(Cc3ccccc3)C2C1. The standard InChI is InChI=1S/C16H22N2O/c19-17-15-9-8-14-7-4-10-18(16(14)11-15)12-13-5-2-1-3-6-13/h1-3,5-6,14,16,19H,4,7-12H2. The van der Waals surface area contributed by atoms with Crippen molar-refractivity contribution >= 4 is 5.71 Å². The molecule has 1 heterocycles. The van der Waals surface area contributed by atoms with Crippen molar-refractivity contribution in [1.82, 2.24) is 4.90 Å². The molecule has 1 aliphatic carbocycles. The molecular weight excluding hydrogens is 236 g/mol. The predicted molar refractivity (Wildman–Crippen MR) is 76.4 cm³/mol. The van der Waals surface area contributed by atoms with E-state index in [-0.39, 0.29) is 0 Å². The second-order valence-electron chi connectivity index (χ2n) is 5.83. The lowest BCUT2D eigenvalue weighted by Gasteiger charge is -2.44. The average Bonchev–Trinajstić information content (AvgIpc) is 2.48. The quantitative estimate of drug-likeness (QED) is 0.652. The first-order valence-corrected chi connectivity index (χ1v) is 7.34. The third kappa shape index (κ3) is 2.81. The molecule has 1 aliphatic heterocycles. The lowest BCUT2D eigenvalue weighted by molar-refractivity contribution is 0.0776. The fraction of sp³-hybridized carbons (Fsp3) is 0.562. The Hall–Kier alpha value is -1.35. The predicted octanol–water partition coefficient (Wildman–Crippen LogP) is 3.28. The lowest BCUT2D eigenvalue weighted by atomic mass is 9.77. The molecule has 2 fully saturated rings. The number of oxime groups is 1. The first-order chi connectivity index (χ1) is 9.36. The molecule has 3 heteroatoms. The van der Waals surface area contributed by atoms with Gasteiger partial charge in [-0.1, -0.05) is 35.5 Å². The van der Waals surface area contributed by atoms with Crippen LogP contribution in [-0.4, -0.2) is 28.4 Å². The van der Waals surface area contributed by atoms with Gasteiger partial charge in [-0.05, 0) is 43.7 Å². The van der Waals surface area contributed by atoms with Crippen molar-refractivity contribution in [2.45, 2.75) is 44.7 Å². The van der Waals surface area contributed by atoms with Crippen LogP contribution in [0.1, 0.15) is 37.7 Å². The van der Waals surface area contributed by atoms with E-state index in [1.165, 1.54) is 31.4 Å². The zero-order valence-corrected chi connectivity index (χ0v) is 11.3. The van der Waals surface area contributed by atoms with Gasteiger partial charge in [0.1, 0.15) is 0 Å². The van der Waals surface area contributed by atoms with Gasteiger partial charge in [-0.25, -0.2) is 0 Å². The second-order valence-corrected chi connectivity index (χ2v) is 5.83. The zero-order valence-electron chi connectivity index (χ0n) is 11.3. The van der Waals surface area contributed by atoms with Gasteiger partial charge >= 0.3 is 0 Å². The Bertz CT molecular complexity index is 443. The molecule has 19 heavy (non-hydrogen) atoms. The molecule has 3 nitrogen and oxygen atoms in total. The van der Waals surface area contributed by atoms with Gasteiger partial charge < -0.3 is 5.21 Å². The highest BCUT2D eigenvalue weighted by Crippen LogP contribution is 2.35. The second kappa shape index (κ2) is 5.74. The Morgan fingerprint density at radius 3 is 2.84 bits per heavy atom. The van der Waals surface area contributed by atoms with E-state index in [9.17, 15) is 0 Å². The summed E-state index contributed by atoms with van der Waals surface area (Å²) in [5.74, 6) is 0.794. The van der Waals surface area contributed by atoms with Crippen molar-refractivity contribution < 1.29 is 5.21 Å². The van der Waals surface area contributed by atoms with E-state index < -0.39 is 0 Å². The highest BCUT2D eigenvalue weighted by molar-refractivity contribution is 5.85. The molecule has 1 saturated heterocycles. The van der Waals surface area contributed by atoms with Gasteiger partial charge in [-0.3, -0.25) is 4.90 Å². The van der Waals surface area contributed by atoms with Crippen molar-refractivity contribution in [1.29, 1.82) is 0 Å². The van der Waals surface area contributed by atoms with Crippen LogP contribution in [0.4, 0.5) is 0 Å². The molecule has 0 radical (unpaired) electrons. The molecule has 1 aromatic rings. The summed E-state index contributed by atoms with van der Waals surface area (Å²) in [6.45, 7) is 2.20. The Balaban J connectivity index is 1.73. The first kappa shape index (κ1) is 12.7. The van der Waals surface area contributed by atoms with Crippen LogP contribution < -0.4 is 0 Å². The van der Waals surface area contributed by atoms with Crippen LogP contribution in [0, 0.1) is 5.92 Å². The molecule has 3 rings (SSSR count). The summed E-state index contributed by atoms with van der Waals surface area (Å²) >= 11 is 0. The molecule has 1 N–H and O–H groups in total. The molecular formula is C16H22N2O. The monoisotopic (exact) mass is 258 g/mol. The van der Waals surface area contributed by atoms with Crippen molar-refractivity contribution in [3.63, 3.8) is 0 Å². The van der Waals surface area contributed by atoms with Crippen molar-refractivity contribution in [2.24, 2.45) is 11.1 Å². The highest BCUT2D eigenvalue weighted by atomic mass is 16.4. The van der Waals surface area contributed by atoms with Crippen LogP contribution >= 0.6 is 0 Å². The minimum absolute atomic E-state index is 0.577. The van der Waals surface area contributed by atoms with E-state index in [0.717, 1.165) is 31.0 Å². The molecule has 2 atom stereocenters. The highest BCUT2D eigenvalue weighted by Gasteiger charge is 2.35. The summed E-state index contributed by atoms with van der Waals surface area (Å²) in [6.07, 6.45) is 5.77. The minimum atomic E-state index is 0.577. The van der Waals surface area contributed by atoms with Gasteiger partial charge in [0.2, 0.25) is 0 Å². The van der Waals surface area contributed by atoms with E-state index in [2.05, 4.69) is 40.4 Å². The van der Waals surface area contributed by atoms with E-state index in [1.54, 1.807) is 0 Å². The minimum Gasteiger partial charge on any atom is -0.411 e. The van der Waals surface area contributed by atoms with Crippen LogP contribution in [0.2, 0.25) is 0 Å². The lowest BCUT2D eigenvalue weighted by Crippen LogP contribution is -2.48. The molecule has 1 aromatic carbocycles. The number of rotatable bonds is 2. The molecule has 0 amide bonds. The smallest absolute Gasteiger partial charge is 0.0586 e. The normalized spacial score (nSPS) is 30.2. The number of nitrogens with zero attached hydrogens (tertiary/aromatic N) is 2. The third-order valence-electron chi connectivity index (χ3n) is 4.65. The van der Waals surface area contributed by atoms with Crippen LogP contribution in [-0.2, 0) is 6.54 Å². The van der Waals surface area contributed by atoms with Gasteiger partial charge in [0.15, 0.2) is 0 Å². The molecule has 2 aliphatic rings. The maximum Gasteiger partial charge on any atom is 0.0586 e. The molecule has 0 aromatic heterocycles. The summed E-state index contributed by atoms with van der Waals surface area (Å²) in [5, 5.41) is 12.5. The molecule has 0 spiro atoms.